The number of aromatic carboxylic acids is 1. The summed E-state index contributed by atoms with van der Waals surface area (Å²) >= 11 is 0. The number of nitrogens with zero attached hydrogens (tertiary/aromatic N) is 1. The second kappa shape index (κ2) is 5.18. The quantitative estimate of drug-likeness (QED) is 0.802. The molecular formula is C17H14FNO3. The van der Waals surface area contributed by atoms with Crippen molar-refractivity contribution in [2.24, 2.45) is 7.05 Å². The molecule has 1 aromatic heterocycles. The number of methoxy groups -OCH3 is 1. The van der Waals surface area contributed by atoms with E-state index in [-0.39, 0.29) is 11.5 Å². The minimum Gasteiger partial charge on any atom is -0.496 e. The number of aryl methyl sites for hydroxylation is 1. The third-order valence-corrected chi connectivity index (χ3v) is 3.73. The minimum absolute atomic E-state index is 0.207. The third kappa shape index (κ3) is 2.20. The zero-order valence-electron chi connectivity index (χ0n) is 12.1. The van der Waals surface area contributed by atoms with E-state index in [1.165, 1.54) is 19.2 Å². The summed E-state index contributed by atoms with van der Waals surface area (Å²) in [5.41, 5.74) is 2.41. The number of ether oxygens (including phenoxy) is 1. The molecule has 0 unspecified atom stereocenters. The van der Waals surface area contributed by atoms with Crippen LogP contribution in [0.15, 0.2) is 42.5 Å². The maximum absolute atomic E-state index is 13.5. The Morgan fingerprint density at radius 1 is 1.18 bits per heavy atom. The number of halogens is 1. The first-order chi connectivity index (χ1) is 10.5. The maximum Gasteiger partial charge on any atom is 0.352 e. The van der Waals surface area contributed by atoms with Crippen LogP contribution in [0.25, 0.3) is 22.0 Å². The lowest BCUT2D eigenvalue weighted by molar-refractivity contribution is 0.0687. The van der Waals surface area contributed by atoms with Gasteiger partial charge in [0.05, 0.1) is 7.11 Å². The molecule has 1 heterocycles. The van der Waals surface area contributed by atoms with E-state index in [2.05, 4.69) is 0 Å². The topological polar surface area (TPSA) is 51.5 Å². The summed E-state index contributed by atoms with van der Waals surface area (Å²) in [5, 5.41) is 9.96. The normalized spacial score (nSPS) is 10.9. The molecule has 3 aromatic rings. The number of hydrogen-bond acceptors (Lipinski definition) is 2. The van der Waals surface area contributed by atoms with Gasteiger partial charge in [-0.05, 0) is 42.0 Å². The number of carboxylic acid groups (broad SMARTS) is 1. The zero-order chi connectivity index (χ0) is 15.9. The molecule has 0 atom stereocenters. The fourth-order valence-electron chi connectivity index (χ4n) is 2.63. The van der Waals surface area contributed by atoms with Crippen molar-refractivity contribution >= 4 is 16.9 Å². The molecule has 1 N–H and O–H groups in total. The third-order valence-electron chi connectivity index (χ3n) is 3.73. The summed E-state index contributed by atoms with van der Waals surface area (Å²) in [6, 6.07) is 11.4. The Morgan fingerprint density at radius 2 is 1.95 bits per heavy atom. The summed E-state index contributed by atoms with van der Waals surface area (Å²) in [7, 11) is 3.23. The first-order valence-corrected chi connectivity index (χ1v) is 6.68. The summed E-state index contributed by atoms with van der Waals surface area (Å²) < 4.78 is 20.4. The summed E-state index contributed by atoms with van der Waals surface area (Å²) in [6.07, 6.45) is 0. The van der Waals surface area contributed by atoms with Crippen molar-refractivity contribution in [2.45, 2.75) is 0 Å². The molecule has 0 radical (unpaired) electrons. The second-order valence-corrected chi connectivity index (χ2v) is 5.01. The van der Waals surface area contributed by atoms with Crippen LogP contribution in [-0.4, -0.2) is 22.8 Å². The molecule has 112 valence electrons. The highest BCUT2D eigenvalue weighted by Crippen LogP contribution is 2.33. The number of carbonyl (C=O) groups is 1. The lowest BCUT2D eigenvalue weighted by Gasteiger charge is -2.09. The highest BCUT2D eigenvalue weighted by atomic mass is 19.1. The molecule has 0 aliphatic heterocycles. The van der Waals surface area contributed by atoms with Crippen LogP contribution in [0.4, 0.5) is 4.39 Å². The molecular weight excluding hydrogens is 285 g/mol. The molecule has 5 heteroatoms. The van der Waals surface area contributed by atoms with Gasteiger partial charge in [0, 0.05) is 23.5 Å². The molecule has 4 nitrogen and oxygen atoms in total. The Bertz CT molecular complexity index is 883. The van der Waals surface area contributed by atoms with Gasteiger partial charge in [-0.3, -0.25) is 0 Å². The van der Waals surface area contributed by atoms with Gasteiger partial charge in [0.15, 0.2) is 0 Å². The van der Waals surface area contributed by atoms with Gasteiger partial charge in [0.1, 0.15) is 17.3 Å². The summed E-state index contributed by atoms with van der Waals surface area (Å²) in [6.45, 7) is 0. The smallest absolute Gasteiger partial charge is 0.352 e. The largest absolute Gasteiger partial charge is 0.496 e. The van der Waals surface area contributed by atoms with Crippen molar-refractivity contribution in [1.82, 2.24) is 4.57 Å². The van der Waals surface area contributed by atoms with Crippen molar-refractivity contribution in [3.63, 3.8) is 0 Å². The standard InChI is InChI=1S/C17H14FNO3/c1-19-14-5-3-10(7-11(14)8-15(19)17(20)21)13-9-12(18)4-6-16(13)22-2/h3-9H,1-2H3,(H,20,21). The summed E-state index contributed by atoms with van der Waals surface area (Å²) in [5.74, 6) is -0.770. The Morgan fingerprint density at radius 3 is 2.64 bits per heavy atom. The predicted octanol–water partition coefficient (Wildman–Crippen LogP) is 3.69. The van der Waals surface area contributed by atoms with Crippen LogP contribution in [0.2, 0.25) is 0 Å². The molecule has 0 saturated carbocycles. The number of hydrogen-bond donors (Lipinski definition) is 1. The Hall–Kier alpha value is -2.82. The maximum atomic E-state index is 13.5. The predicted molar refractivity (Wildman–Crippen MR) is 81.8 cm³/mol. The van der Waals surface area contributed by atoms with Crippen LogP contribution < -0.4 is 4.74 Å². The van der Waals surface area contributed by atoms with Gasteiger partial charge in [-0.2, -0.15) is 0 Å². The number of benzene rings is 2. The van der Waals surface area contributed by atoms with E-state index < -0.39 is 5.97 Å². The average molecular weight is 299 g/mol. The van der Waals surface area contributed by atoms with Crippen molar-refractivity contribution in [2.75, 3.05) is 7.11 Å². The first kappa shape index (κ1) is 14.1. The molecule has 0 bridgehead atoms. The minimum atomic E-state index is -0.983. The van der Waals surface area contributed by atoms with E-state index in [0.717, 1.165) is 16.5 Å². The Labute approximate surface area is 126 Å². The van der Waals surface area contributed by atoms with Gasteiger partial charge in [-0.15, -0.1) is 0 Å². The molecule has 0 fully saturated rings. The monoisotopic (exact) mass is 299 g/mol. The SMILES string of the molecule is COc1ccc(F)cc1-c1ccc2c(c1)cc(C(=O)O)n2C. The van der Waals surface area contributed by atoms with E-state index in [4.69, 9.17) is 4.74 Å². The molecule has 0 aliphatic rings. The van der Waals surface area contributed by atoms with Crippen molar-refractivity contribution < 1.29 is 19.0 Å². The highest BCUT2D eigenvalue weighted by molar-refractivity contribution is 5.96. The van der Waals surface area contributed by atoms with Gasteiger partial charge in [-0.1, -0.05) is 6.07 Å². The van der Waals surface area contributed by atoms with Crippen LogP contribution in [-0.2, 0) is 7.05 Å². The van der Waals surface area contributed by atoms with Crippen molar-refractivity contribution in [3.05, 3.63) is 54.0 Å². The van der Waals surface area contributed by atoms with Crippen molar-refractivity contribution in [1.29, 1.82) is 0 Å². The van der Waals surface area contributed by atoms with Gasteiger partial charge in [0.25, 0.3) is 0 Å². The van der Waals surface area contributed by atoms with Crippen LogP contribution in [0.3, 0.4) is 0 Å². The number of rotatable bonds is 3. The lowest BCUT2D eigenvalue weighted by Crippen LogP contribution is -2.03. The molecule has 22 heavy (non-hydrogen) atoms. The molecule has 0 amide bonds. The van der Waals surface area contributed by atoms with E-state index in [9.17, 15) is 14.3 Å². The second-order valence-electron chi connectivity index (χ2n) is 5.01. The van der Waals surface area contributed by atoms with Gasteiger partial charge < -0.3 is 14.4 Å². The van der Waals surface area contributed by atoms with E-state index >= 15 is 0 Å². The Kier molecular flexibility index (Phi) is 3.33. The lowest BCUT2D eigenvalue weighted by atomic mass is 10.0. The van der Waals surface area contributed by atoms with Crippen LogP contribution in [0.1, 0.15) is 10.5 Å². The van der Waals surface area contributed by atoms with Crippen LogP contribution in [0.5, 0.6) is 5.75 Å². The number of carboxylic acids is 1. The zero-order valence-corrected chi connectivity index (χ0v) is 12.1. The van der Waals surface area contributed by atoms with Crippen molar-refractivity contribution in [3.8, 4) is 16.9 Å². The number of fused-ring (bicyclic) bond motifs is 1. The van der Waals surface area contributed by atoms with Crippen LogP contribution >= 0.6 is 0 Å². The molecule has 2 aromatic carbocycles. The van der Waals surface area contributed by atoms with E-state index in [1.807, 2.05) is 18.2 Å². The van der Waals surface area contributed by atoms with Crippen LogP contribution in [0, 0.1) is 5.82 Å². The van der Waals surface area contributed by atoms with E-state index in [1.54, 1.807) is 23.7 Å². The molecule has 3 rings (SSSR count). The average Bonchev–Trinajstić information content (AvgIpc) is 2.84. The molecule has 0 aliphatic carbocycles. The first-order valence-electron chi connectivity index (χ1n) is 6.68. The highest BCUT2D eigenvalue weighted by Gasteiger charge is 2.14. The van der Waals surface area contributed by atoms with Gasteiger partial charge in [0.2, 0.25) is 0 Å². The van der Waals surface area contributed by atoms with Gasteiger partial charge >= 0.3 is 5.97 Å². The summed E-state index contributed by atoms with van der Waals surface area (Å²) in [4.78, 5) is 11.2. The fraction of sp³-hybridized carbons (Fsp3) is 0.118. The van der Waals surface area contributed by atoms with Gasteiger partial charge in [-0.25, -0.2) is 9.18 Å². The number of aromatic nitrogens is 1. The Balaban J connectivity index is 2.21. The van der Waals surface area contributed by atoms with E-state index in [0.29, 0.717) is 11.3 Å². The molecule has 0 saturated heterocycles. The fourth-order valence-corrected chi connectivity index (χ4v) is 2.63. The molecule has 0 spiro atoms.